The van der Waals surface area contributed by atoms with E-state index in [4.69, 9.17) is 4.74 Å². The van der Waals surface area contributed by atoms with Gasteiger partial charge in [0.05, 0.1) is 12.2 Å². The van der Waals surface area contributed by atoms with Crippen LogP contribution in [-0.2, 0) is 4.74 Å². The van der Waals surface area contributed by atoms with Gasteiger partial charge in [-0.1, -0.05) is 0 Å². The van der Waals surface area contributed by atoms with Gasteiger partial charge in [0.1, 0.15) is 0 Å². The second kappa shape index (κ2) is 5.39. The highest BCUT2D eigenvalue weighted by Gasteiger charge is 2.06. The molecule has 0 spiro atoms. The van der Waals surface area contributed by atoms with Gasteiger partial charge in [-0.15, -0.1) is 0 Å². The molecule has 1 aromatic carbocycles. The van der Waals surface area contributed by atoms with Crippen LogP contribution in [0.25, 0.3) is 0 Å². The summed E-state index contributed by atoms with van der Waals surface area (Å²) in [5.41, 5.74) is 1.70. The lowest BCUT2D eigenvalue weighted by Gasteiger charge is -2.16. The molecule has 0 aliphatic carbocycles. The van der Waals surface area contributed by atoms with E-state index in [1.54, 1.807) is 19.1 Å². The van der Waals surface area contributed by atoms with Gasteiger partial charge in [0.2, 0.25) is 0 Å². The highest BCUT2D eigenvalue weighted by molar-refractivity contribution is 5.89. The number of carbonyl (C=O) groups is 1. The summed E-state index contributed by atoms with van der Waals surface area (Å²) in [4.78, 5) is 13.5. The molecule has 0 N–H and O–H groups in total. The van der Waals surface area contributed by atoms with Gasteiger partial charge in [0.25, 0.3) is 0 Å². The van der Waals surface area contributed by atoms with Gasteiger partial charge in [0.15, 0.2) is 0 Å². The van der Waals surface area contributed by atoms with Gasteiger partial charge >= 0.3 is 5.97 Å². The van der Waals surface area contributed by atoms with E-state index in [9.17, 15) is 4.79 Å². The molecule has 1 aromatic rings. The molecule has 0 aliphatic rings. The minimum atomic E-state index is -0.261. The highest BCUT2D eigenvalue weighted by atomic mass is 16.5. The molecule has 82 valence electrons. The van der Waals surface area contributed by atoms with Crippen molar-refractivity contribution in [2.24, 2.45) is 0 Å². The zero-order chi connectivity index (χ0) is 11.3. The maximum absolute atomic E-state index is 11.4. The molecule has 0 heterocycles. The van der Waals surface area contributed by atoms with Crippen LogP contribution in [0.3, 0.4) is 0 Å². The summed E-state index contributed by atoms with van der Waals surface area (Å²) in [6, 6.07) is 7.44. The molecule has 0 saturated carbocycles. The summed E-state index contributed by atoms with van der Waals surface area (Å²) in [5.74, 6) is -0.261. The number of anilines is 1. The minimum absolute atomic E-state index is 0.261. The quantitative estimate of drug-likeness (QED) is 0.710. The Bertz CT molecular complexity index is 319. The van der Waals surface area contributed by atoms with Crippen LogP contribution in [0.4, 0.5) is 5.69 Å². The zero-order valence-corrected chi connectivity index (χ0v) is 9.49. The van der Waals surface area contributed by atoms with E-state index >= 15 is 0 Å². The Morgan fingerprint density at radius 1 is 1.27 bits per heavy atom. The number of ether oxygens (including phenoxy) is 1. The molecule has 0 aromatic heterocycles. The maximum atomic E-state index is 11.4. The van der Waals surface area contributed by atoms with Gasteiger partial charge < -0.3 is 9.64 Å². The number of nitrogens with zero attached hydrogens (tertiary/aromatic N) is 1. The van der Waals surface area contributed by atoms with Crippen molar-refractivity contribution in [1.82, 2.24) is 0 Å². The van der Waals surface area contributed by atoms with Crippen LogP contribution in [-0.4, -0.2) is 26.2 Å². The van der Waals surface area contributed by atoms with E-state index in [2.05, 4.69) is 11.8 Å². The molecular formula is C12H17NO2. The van der Waals surface area contributed by atoms with Crippen LogP contribution in [0, 0.1) is 0 Å². The van der Waals surface area contributed by atoms with E-state index in [1.165, 1.54) is 0 Å². The lowest BCUT2D eigenvalue weighted by atomic mass is 10.2. The van der Waals surface area contributed by atoms with E-state index < -0.39 is 0 Å². The molecule has 0 atom stereocenters. The lowest BCUT2D eigenvalue weighted by Crippen LogP contribution is -2.15. The molecule has 3 heteroatoms. The molecular weight excluding hydrogens is 190 g/mol. The predicted molar refractivity (Wildman–Crippen MR) is 61.3 cm³/mol. The Kier molecular flexibility index (Phi) is 4.16. The van der Waals surface area contributed by atoms with Gasteiger partial charge in [-0.3, -0.25) is 0 Å². The first-order chi connectivity index (χ1) is 7.19. The van der Waals surface area contributed by atoms with E-state index in [-0.39, 0.29) is 5.97 Å². The first-order valence-electron chi connectivity index (χ1n) is 5.17. The summed E-state index contributed by atoms with van der Waals surface area (Å²) in [6.45, 7) is 5.24. The lowest BCUT2D eigenvalue weighted by molar-refractivity contribution is 0.0526. The average Bonchev–Trinajstić information content (AvgIpc) is 2.28. The van der Waals surface area contributed by atoms with Gasteiger partial charge in [-0.05, 0) is 38.1 Å². The highest BCUT2D eigenvalue weighted by Crippen LogP contribution is 2.13. The number of benzene rings is 1. The third-order valence-corrected chi connectivity index (χ3v) is 2.29. The first kappa shape index (κ1) is 11.6. The summed E-state index contributed by atoms with van der Waals surface area (Å²) < 4.78 is 4.90. The van der Waals surface area contributed by atoms with Crippen molar-refractivity contribution in [2.75, 3.05) is 25.1 Å². The van der Waals surface area contributed by atoms with E-state index in [0.29, 0.717) is 12.2 Å². The molecule has 0 unspecified atom stereocenters. The fraction of sp³-hybridized carbons (Fsp3) is 0.417. The molecule has 0 bridgehead atoms. The molecule has 3 nitrogen and oxygen atoms in total. The van der Waals surface area contributed by atoms with Crippen LogP contribution < -0.4 is 4.90 Å². The smallest absolute Gasteiger partial charge is 0.338 e. The van der Waals surface area contributed by atoms with Gasteiger partial charge in [-0.25, -0.2) is 4.79 Å². The Morgan fingerprint density at radius 2 is 1.87 bits per heavy atom. The average molecular weight is 207 g/mol. The van der Waals surface area contributed by atoms with Gasteiger partial charge in [0, 0.05) is 19.3 Å². The third-order valence-electron chi connectivity index (χ3n) is 2.29. The second-order valence-corrected chi connectivity index (χ2v) is 3.28. The molecule has 15 heavy (non-hydrogen) atoms. The number of hydrogen-bond donors (Lipinski definition) is 0. The van der Waals surface area contributed by atoms with Crippen molar-refractivity contribution < 1.29 is 9.53 Å². The number of rotatable bonds is 4. The molecule has 1 rings (SSSR count). The summed E-state index contributed by atoms with van der Waals surface area (Å²) in [6.07, 6.45) is 0. The van der Waals surface area contributed by atoms with Crippen molar-refractivity contribution in [3.8, 4) is 0 Å². The van der Waals surface area contributed by atoms with E-state index in [1.807, 2.05) is 19.2 Å². The molecule has 0 saturated heterocycles. The van der Waals surface area contributed by atoms with Crippen LogP contribution in [0.2, 0.25) is 0 Å². The molecule has 0 amide bonds. The Balaban J connectivity index is 2.76. The monoisotopic (exact) mass is 207 g/mol. The zero-order valence-electron chi connectivity index (χ0n) is 9.49. The molecule has 0 fully saturated rings. The van der Waals surface area contributed by atoms with Gasteiger partial charge in [-0.2, -0.15) is 0 Å². The summed E-state index contributed by atoms with van der Waals surface area (Å²) in [5, 5.41) is 0. The van der Waals surface area contributed by atoms with Crippen molar-refractivity contribution in [3.63, 3.8) is 0 Å². The van der Waals surface area contributed by atoms with E-state index in [0.717, 1.165) is 12.2 Å². The Morgan fingerprint density at radius 3 is 2.33 bits per heavy atom. The SMILES string of the molecule is CCOC(=O)c1ccc(N(C)CC)cc1. The van der Waals surface area contributed by atoms with Crippen LogP contribution in [0.5, 0.6) is 0 Å². The first-order valence-corrected chi connectivity index (χ1v) is 5.17. The van der Waals surface area contributed by atoms with Crippen molar-refractivity contribution in [3.05, 3.63) is 29.8 Å². The second-order valence-electron chi connectivity index (χ2n) is 3.28. The number of carbonyl (C=O) groups excluding carboxylic acids is 1. The van der Waals surface area contributed by atoms with Crippen molar-refractivity contribution in [1.29, 1.82) is 0 Å². The summed E-state index contributed by atoms with van der Waals surface area (Å²) >= 11 is 0. The van der Waals surface area contributed by atoms with Crippen LogP contribution in [0.1, 0.15) is 24.2 Å². The molecule has 0 radical (unpaired) electrons. The fourth-order valence-electron chi connectivity index (χ4n) is 1.25. The Labute approximate surface area is 90.7 Å². The number of esters is 1. The predicted octanol–water partition coefficient (Wildman–Crippen LogP) is 2.32. The van der Waals surface area contributed by atoms with Crippen molar-refractivity contribution >= 4 is 11.7 Å². The van der Waals surface area contributed by atoms with Crippen molar-refractivity contribution in [2.45, 2.75) is 13.8 Å². The molecule has 0 aliphatic heterocycles. The largest absolute Gasteiger partial charge is 0.462 e. The third kappa shape index (κ3) is 2.98. The minimum Gasteiger partial charge on any atom is -0.462 e. The standard InChI is InChI=1S/C12H17NO2/c1-4-13(3)11-8-6-10(7-9-11)12(14)15-5-2/h6-9H,4-5H2,1-3H3. The van der Waals surface area contributed by atoms with Crippen LogP contribution >= 0.6 is 0 Å². The number of hydrogen-bond acceptors (Lipinski definition) is 3. The fourth-order valence-corrected chi connectivity index (χ4v) is 1.25. The van der Waals surface area contributed by atoms with Crippen LogP contribution in [0.15, 0.2) is 24.3 Å². The topological polar surface area (TPSA) is 29.5 Å². The maximum Gasteiger partial charge on any atom is 0.338 e. The Hall–Kier alpha value is -1.51. The summed E-state index contributed by atoms with van der Waals surface area (Å²) in [7, 11) is 2.01. The normalized spacial score (nSPS) is 9.80.